The fourth-order valence-corrected chi connectivity index (χ4v) is 2.30. The summed E-state index contributed by atoms with van der Waals surface area (Å²) in [6.07, 6.45) is 0. The van der Waals surface area contributed by atoms with Gasteiger partial charge in [-0.05, 0) is 30.7 Å². The maximum Gasteiger partial charge on any atom is 0.351 e. The van der Waals surface area contributed by atoms with Gasteiger partial charge < -0.3 is 14.3 Å². The van der Waals surface area contributed by atoms with Gasteiger partial charge in [0.25, 0.3) is 0 Å². The highest BCUT2D eigenvalue weighted by atomic mass is 16.5. The van der Waals surface area contributed by atoms with E-state index in [0.29, 0.717) is 23.3 Å². The van der Waals surface area contributed by atoms with Gasteiger partial charge in [0.05, 0.1) is 0 Å². The summed E-state index contributed by atoms with van der Waals surface area (Å²) in [6, 6.07) is 14.2. The number of carboxylic acid groups (broad SMARTS) is 1. The van der Waals surface area contributed by atoms with Crippen LogP contribution in [-0.4, -0.2) is 11.1 Å². The molecule has 0 saturated heterocycles. The maximum atomic E-state index is 11.6. The highest BCUT2D eigenvalue weighted by Crippen LogP contribution is 2.21. The molecule has 5 heteroatoms. The minimum absolute atomic E-state index is 0.293. The van der Waals surface area contributed by atoms with E-state index in [0.717, 1.165) is 11.1 Å². The molecule has 0 aliphatic rings. The van der Waals surface area contributed by atoms with E-state index in [9.17, 15) is 9.59 Å². The Labute approximate surface area is 131 Å². The molecule has 116 valence electrons. The predicted molar refractivity (Wildman–Crippen MR) is 85.0 cm³/mol. The Bertz CT molecular complexity index is 940. The van der Waals surface area contributed by atoms with E-state index in [1.165, 1.54) is 6.07 Å². The van der Waals surface area contributed by atoms with Gasteiger partial charge in [-0.3, -0.25) is 0 Å². The topological polar surface area (TPSA) is 76.7 Å². The molecule has 0 atom stereocenters. The number of rotatable bonds is 4. The van der Waals surface area contributed by atoms with Crippen LogP contribution in [0, 0.1) is 6.92 Å². The molecule has 1 N–H and O–H groups in total. The van der Waals surface area contributed by atoms with Gasteiger partial charge in [0, 0.05) is 11.5 Å². The monoisotopic (exact) mass is 310 g/mol. The number of carbonyl (C=O) groups is 1. The van der Waals surface area contributed by atoms with Gasteiger partial charge in [-0.1, -0.05) is 29.8 Å². The highest BCUT2D eigenvalue weighted by Gasteiger charge is 2.12. The Morgan fingerprint density at radius 1 is 1.17 bits per heavy atom. The Kier molecular flexibility index (Phi) is 3.85. The Morgan fingerprint density at radius 3 is 2.74 bits per heavy atom. The molecule has 0 bridgehead atoms. The molecule has 0 saturated carbocycles. The molecule has 0 unspecified atom stereocenters. The SMILES string of the molecule is Cc1cccc(COc2ccc3cc(C(=O)O)c(=O)oc3c2)c1. The van der Waals surface area contributed by atoms with Crippen molar-refractivity contribution in [2.75, 3.05) is 0 Å². The van der Waals surface area contributed by atoms with Crippen molar-refractivity contribution in [3.05, 3.63) is 75.6 Å². The Balaban J connectivity index is 1.87. The van der Waals surface area contributed by atoms with E-state index in [1.54, 1.807) is 18.2 Å². The van der Waals surface area contributed by atoms with Gasteiger partial charge in [-0.25, -0.2) is 9.59 Å². The van der Waals surface area contributed by atoms with Crippen molar-refractivity contribution in [1.29, 1.82) is 0 Å². The van der Waals surface area contributed by atoms with Crippen LogP contribution in [0.2, 0.25) is 0 Å². The number of fused-ring (bicyclic) bond motifs is 1. The normalized spacial score (nSPS) is 10.7. The van der Waals surface area contributed by atoms with Crippen molar-refractivity contribution in [3.8, 4) is 5.75 Å². The van der Waals surface area contributed by atoms with Crippen molar-refractivity contribution < 1.29 is 19.1 Å². The predicted octanol–water partition coefficient (Wildman–Crippen LogP) is 3.38. The first-order valence-electron chi connectivity index (χ1n) is 7.02. The lowest BCUT2D eigenvalue weighted by atomic mass is 10.1. The van der Waals surface area contributed by atoms with Crippen LogP contribution in [0.15, 0.2) is 57.7 Å². The molecule has 0 aliphatic carbocycles. The quantitative estimate of drug-likeness (QED) is 0.748. The lowest BCUT2D eigenvalue weighted by Crippen LogP contribution is -2.12. The van der Waals surface area contributed by atoms with Gasteiger partial charge in [-0.15, -0.1) is 0 Å². The van der Waals surface area contributed by atoms with Crippen LogP contribution in [-0.2, 0) is 6.61 Å². The maximum absolute atomic E-state index is 11.6. The van der Waals surface area contributed by atoms with E-state index in [-0.39, 0.29) is 5.56 Å². The second-order valence-corrected chi connectivity index (χ2v) is 5.23. The Morgan fingerprint density at radius 2 is 2.00 bits per heavy atom. The van der Waals surface area contributed by atoms with Gasteiger partial charge in [0.15, 0.2) is 0 Å². The summed E-state index contributed by atoms with van der Waals surface area (Å²) in [7, 11) is 0. The molecule has 3 aromatic rings. The molecule has 5 nitrogen and oxygen atoms in total. The first-order valence-corrected chi connectivity index (χ1v) is 7.02. The highest BCUT2D eigenvalue weighted by molar-refractivity contribution is 5.91. The molecular weight excluding hydrogens is 296 g/mol. The smallest absolute Gasteiger partial charge is 0.351 e. The summed E-state index contributed by atoms with van der Waals surface area (Å²) < 4.78 is 10.7. The number of aryl methyl sites for hydroxylation is 1. The number of hydrogen-bond acceptors (Lipinski definition) is 4. The van der Waals surface area contributed by atoms with Crippen molar-refractivity contribution in [2.24, 2.45) is 0 Å². The molecular formula is C18H14O5. The van der Waals surface area contributed by atoms with Crippen molar-refractivity contribution in [3.63, 3.8) is 0 Å². The molecule has 0 amide bonds. The minimum atomic E-state index is -1.31. The van der Waals surface area contributed by atoms with E-state index >= 15 is 0 Å². The Hall–Kier alpha value is -3.08. The molecule has 23 heavy (non-hydrogen) atoms. The van der Waals surface area contributed by atoms with E-state index in [2.05, 4.69) is 0 Å². The second kappa shape index (κ2) is 5.96. The van der Waals surface area contributed by atoms with E-state index in [1.807, 2.05) is 31.2 Å². The van der Waals surface area contributed by atoms with Crippen LogP contribution in [0.5, 0.6) is 5.75 Å². The lowest BCUT2D eigenvalue weighted by molar-refractivity contribution is 0.0692. The fraction of sp³-hybridized carbons (Fsp3) is 0.111. The first kappa shape index (κ1) is 14.8. The summed E-state index contributed by atoms with van der Waals surface area (Å²) in [5.74, 6) is -0.759. The van der Waals surface area contributed by atoms with Crippen molar-refractivity contribution in [2.45, 2.75) is 13.5 Å². The van der Waals surface area contributed by atoms with Crippen LogP contribution >= 0.6 is 0 Å². The molecule has 2 aromatic carbocycles. The number of benzene rings is 2. The van der Waals surface area contributed by atoms with Gasteiger partial charge in [0.1, 0.15) is 23.5 Å². The lowest BCUT2D eigenvalue weighted by Gasteiger charge is -2.08. The zero-order valence-electron chi connectivity index (χ0n) is 12.4. The third-order valence-electron chi connectivity index (χ3n) is 3.43. The van der Waals surface area contributed by atoms with Crippen molar-refractivity contribution >= 4 is 16.9 Å². The summed E-state index contributed by atoms with van der Waals surface area (Å²) >= 11 is 0. The number of carboxylic acids is 1. The zero-order valence-corrected chi connectivity index (χ0v) is 12.4. The van der Waals surface area contributed by atoms with Crippen LogP contribution < -0.4 is 10.4 Å². The third kappa shape index (κ3) is 3.23. The first-order chi connectivity index (χ1) is 11.0. The van der Waals surface area contributed by atoms with Gasteiger partial charge >= 0.3 is 11.6 Å². The summed E-state index contributed by atoms with van der Waals surface area (Å²) in [5, 5.41) is 9.46. The van der Waals surface area contributed by atoms with Crippen LogP contribution in [0.3, 0.4) is 0 Å². The second-order valence-electron chi connectivity index (χ2n) is 5.23. The van der Waals surface area contributed by atoms with Crippen molar-refractivity contribution in [1.82, 2.24) is 0 Å². The molecule has 3 rings (SSSR count). The average Bonchev–Trinajstić information content (AvgIpc) is 2.52. The minimum Gasteiger partial charge on any atom is -0.489 e. The van der Waals surface area contributed by atoms with Crippen LogP contribution in [0.25, 0.3) is 11.0 Å². The standard InChI is InChI=1S/C18H14O5/c1-11-3-2-4-12(7-11)10-22-14-6-5-13-8-15(17(19)20)18(21)23-16(13)9-14/h2-9H,10H2,1H3,(H,19,20). The largest absolute Gasteiger partial charge is 0.489 e. The van der Waals surface area contributed by atoms with E-state index < -0.39 is 11.6 Å². The summed E-state index contributed by atoms with van der Waals surface area (Å²) in [6.45, 7) is 2.40. The summed E-state index contributed by atoms with van der Waals surface area (Å²) in [4.78, 5) is 22.5. The molecule has 0 aliphatic heterocycles. The number of aromatic carboxylic acids is 1. The fourth-order valence-electron chi connectivity index (χ4n) is 2.30. The van der Waals surface area contributed by atoms with E-state index in [4.69, 9.17) is 14.3 Å². The number of ether oxygens (including phenoxy) is 1. The molecule has 1 heterocycles. The van der Waals surface area contributed by atoms with Crippen LogP contribution in [0.4, 0.5) is 0 Å². The molecule has 0 radical (unpaired) electrons. The molecule has 0 fully saturated rings. The average molecular weight is 310 g/mol. The van der Waals surface area contributed by atoms with Gasteiger partial charge in [0.2, 0.25) is 0 Å². The molecule has 1 aromatic heterocycles. The van der Waals surface area contributed by atoms with Gasteiger partial charge in [-0.2, -0.15) is 0 Å². The number of hydrogen-bond donors (Lipinski definition) is 1. The third-order valence-corrected chi connectivity index (χ3v) is 3.43. The van der Waals surface area contributed by atoms with Crippen LogP contribution in [0.1, 0.15) is 21.5 Å². The molecule has 0 spiro atoms. The zero-order chi connectivity index (χ0) is 16.4. The summed E-state index contributed by atoms with van der Waals surface area (Å²) in [5.41, 5.74) is 1.22.